The van der Waals surface area contributed by atoms with E-state index in [-0.39, 0.29) is 62.9 Å². The second kappa shape index (κ2) is 17.1. The van der Waals surface area contributed by atoms with Gasteiger partial charge in [-0.25, -0.2) is 22.8 Å². The Morgan fingerprint density at radius 1 is 1.04 bits per heavy atom. The molecule has 1 aliphatic carbocycles. The highest BCUT2D eigenvalue weighted by Gasteiger charge is 2.39. The number of aromatic nitrogens is 4. The number of benzene rings is 3. The number of allylic oxidation sites excluding steroid dienone is 1. The molecule has 3 aromatic carbocycles. The van der Waals surface area contributed by atoms with Crippen molar-refractivity contribution in [1.82, 2.24) is 24.2 Å². The fourth-order valence-electron chi connectivity index (χ4n) is 9.93. The number of nitrogens with zero attached hydrogens (tertiary/aromatic N) is 6. The van der Waals surface area contributed by atoms with Crippen LogP contribution in [0.4, 0.5) is 17.1 Å². The zero-order valence-electron chi connectivity index (χ0n) is 37.2. The number of pyridine rings is 1. The Morgan fingerprint density at radius 2 is 1.82 bits per heavy atom. The van der Waals surface area contributed by atoms with Crippen molar-refractivity contribution < 1.29 is 32.3 Å². The zero-order valence-corrected chi connectivity index (χ0v) is 38.8. The molecule has 20 heteroatoms. The number of hydrogen-bond acceptors (Lipinski definition) is 13. The molecule has 3 aliphatic heterocycles. The number of ether oxygens (including phenoxy) is 3. The van der Waals surface area contributed by atoms with Crippen molar-refractivity contribution in [2.45, 2.75) is 55.0 Å². The highest BCUT2D eigenvalue weighted by atomic mass is 35.5. The number of aromatic amines is 1. The third-order valence-corrected chi connectivity index (χ3v) is 15.6. The van der Waals surface area contributed by atoms with Crippen LogP contribution in [-0.4, -0.2) is 115 Å². The van der Waals surface area contributed by atoms with Gasteiger partial charge in [-0.05, 0) is 72.2 Å². The van der Waals surface area contributed by atoms with E-state index in [1.807, 2.05) is 17.0 Å². The minimum atomic E-state index is -4.87. The average Bonchev–Trinajstić information content (AvgIpc) is 3.88. The summed E-state index contributed by atoms with van der Waals surface area (Å²) in [6, 6.07) is 16.1. The molecule has 0 bridgehead atoms. The number of carbonyl (C=O) groups excluding carboxylic acids is 1. The van der Waals surface area contributed by atoms with E-state index in [2.05, 4.69) is 46.2 Å². The van der Waals surface area contributed by atoms with Gasteiger partial charge in [0.1, 0.15) is 23.3 Å². The van der Waals surface area contributed by atoms with Gasteiger partial charge >= 0.3 is 0 Å². The lowest BCUT2D eigenvalue weighted by molar-refractivity contribution is -0.384. The number of sulfone groups is 1. The molecule has 0 radical (unpaired) electrons. The second-order valence-electron chi connectivity index (χ2n) is 18.4. The molecule has 0 unspecified atom stereocenters. The van der Waals surface area contributed by atoms with E-state index in [1.165, 1.54) is 39.7 Å². The van der Waals surface area contributed by atoms with Crippen LogP contribution in [0, 0.1) is 15.5 Å². The van der Waals surface area contributed by atoms with Gasteiger partial charge in [0, 0.05) is 68.5 Å². The number of anilines is 2. The second-order valence-corrected chi connectivity index (χ2v) is 20.7. The number of piperazine rings is 1. The topological polar surface area (TPSA) is 222 Å². The summed E-state index contributed by atoms with van der Waals surface area (Å²) < 4.78 is 51.6. The first-order valence-electron chi connectivity index (χ1n) is 22.2. The first-order chi connectivity index (χ1) is 32.1. The van der Waals surface area contributed by atoms with Crippen molar-refractivity contribution in [2.24, 2.45) is 18.2 Å². The number of carbonyl (C=O) groups is 1. The summed E-state index contributed by atoms with van der Waals surface area (Å²) >= 11 is 6.28. The number of hydrogen-bond donors (Lipinski definition) is 3. The molecule has 10 rings (SSSR count). The van der Waals surface area contributed by atoms with E-state index >= 15 is 8.42 Å². The number of nitro groups is 1. The van der Waals surface area contributed by atoms with Crippen molar-refractivity contribution in [1.29, 1.82) is 0 Å². The molecule has 350 valence electrons. The van der Waals surface area contributed by atoms with Crippen LogP contribution < -0.4 is 26.2 Å². The van der Waals surface area contributed by atoms with E-state index in [9.17, 15) is 19.7 Å². The van der Waals surface area contributed by atoms with Gasteiger partial charge in [0.15, 0.2) is 17.0 Å². The SMILES string of the molecule is Cn1c(=O)c2nc3[nH]ccc3cc2n1-c1c(C(N)=O)ccc(N2CCN(CC3=C(c4ccc(Cl)cc4)CC(C)(C)CC3)CC2)c1S(=O)(=O)c1cc2c(c([N+](=O)[O-])c1)N[C@H]([C@@H]1COCCO1)CO2. The smallest absolute Gasteiger partial charge is 0.297 e. The maximum atomic E-state index is 15.8. The van der Waals surface area contributed by atoms with Gasteiger partial charge in [-0.2, -0.15) is 0 Å². The zero-order chi connectivity index (χ0) is 46.9. The molecule has 3 aromatic heterocycles. The molecule has 4 aliphatic rings. The van der Waals surface area contributed by atoms with Crippen LogP contribution in [0.2, 0.25) is 5.02 Å². The van der Waals surface area contributed by atoms with Crippen LogP contribution >= 0.6 is 11.6 Å². The molecular formula is C47H50ClN9O9S. The highest BCUT2D eigenvalue weighted by Crippen LogP contribution is 2.46. The summed E-state index contributed by atoms with van der Waals surface area (Å²) in [4.78, 5) is 50.8. The number of rotatable bonds is 10. The number of halogens is 1. The summed E-state index contributed by atoms with van der Waals surface area (Å²) in [6.45, 7) is 8.22. The third-order valence-electron chi connectivity index (χ3n) is 13.5. The van der Waals surface area contributed by atoms with Crippen LogP contribution in [0.1, 0.15) is 49.0 Å². The Hall–Kier alpha value is -6.25. The number of amides is 1. The summed E-state index contributed by atoms with van der Waals surface area (Å²) in [6.07, 6.45) is 4.11. The van der Waals surface area contributed by atoms with Gasteiger partial charge in [0.2, 0.25) is 9.84 Å². The molecule has 18 nitrogen and oxygen atoms in total. The largest absolute Gasteiger partial charge is 0.489 e. The molecule has 1 amide bonds. The molecule has 67 heavy (non-hydrogen) atoms. The first-order valence-corrected chi connectivity index (χ1v) is 24.1. The van der Waals surface area contributed by atoms with Crippen molar-refractivity contribution in [3.63, 3.8) is 0 Å². The number of nitrogens with one attached hydrogen (secondary N) is 2. The molecule has 0 saturated carbocycles. The molecule has 2 saturated heterocycles. The van der Waals surface area contributed by atoms with Gasteiger partial charge < -0.3 is 35.1 Å². The minimum absolute atomic E-state index is 0.00640. The van der Waals surface area contributed by atoms with Crippen molar-refractivity contribution in [3.05, 3.63) is 109 Å². The van der Waals surface area contributed by atoms with Crippen LogP contribution in [0.25, 0.3) is 33.3 Å². The number of nitrogens with two attached hydrogens (primary N) is 1. The summed E-state index contributed by atoms with van der Waals surface area (Å²) in [5.74, 6) is -1.02. The third kappa shape index (κ3) is 8.11. The predicted molar refractivity (Wildman–Crippen MR) is 253 cm³/mol. The molecule has 6 heterocycles. The number of primary amides is 1. The quantitative estimate of drug-likeness (QED) is 0.105. The lowest BCUT2D eigenvalue weighted by Gasteiger charge is -2.40. The maximum Gasteiger partial charge on any atom is 0.297 e. The van der Waals surface area contributed by atoms with E-state index in [1.54, 1.807) is 24.4 Å². The van der Waals surface area contributed by atoms with Crippen LogP contribution in [-0.2, 0) is 26.4 Å². The monoisotopic (exact) mass is 951 g/mol. The number of H-pyrrole nitrogens is 1. The normalized spacial score (nSPS) is 20.1. The first kappa shape index (κ1) is 44.6. The minimum Gasteiger partial charge on any atom is -0.489 e. The van der Waals surface area contributed by atoms with Gasteiger partial charge in [0.05, 0.1) is 58.1 Å². The van der Waals surface area contributed by atoms with Crippen molar-refractivity contribution in [3.8, 4) is 11.4 Å². The Morgan fingerprint density at radius 3 is 2.54 bits per heavy atom. The maximum absolute atomic E-state index is 15.8. The van der Waals surface area contributed by atoms with Crippen molar-refractivity contribution >= 4 is 72.0 Å². The predicted octanol–water partition coefficient (Wildman–Crippen LogP) is 6.07. The van der Waals surface area contributed by atoms with Crippen LogP contribution in [0.15, 0.2) is 87.0 Å². The molecule has 2 fully saturated rings. The Balaban J connectivity index is 1.10. The Labute approximate surface area is 390 Å². The van der Waals surface area contributed by atoms with Crippen molar-refractivity contribution in [2.75, 3.05) is 69.4 Å². The van der Waals surface area contributed by atoms with E-state index in [4.69, 9.17) is 31.5 Å². The van der Waals surface area contributed by atoms with Crippen LogP contribution in [0.3, 0.4) is 0 Å². The number of fused-ring (bicyclic) bond motifs is 3. The summed E-state index contributed by atoms with van der Waals surface area (Å²) in [7, 11) is -3.42. The van der Waals surface area contributed by atoms with E-state index in [0.717, 1.165) is 37.4 Å². The number of nitro benzene ring substituents is 1. The lowest BCUT2D eigenvalue weighted by atomic mass is 9.72. The van der Waals surface area contributed by atoms with E-state index < -0.39 is 49.0 Å². The summed E-state index contributed by atoms with van der Waals surface area (Å²) in [5.41, 5.74) is 9.42. The Kier molecular flexibility index (Phi) is 11.4. The van der Waals surface area contributed by atoms with Gasteiger partial charge in [-0.1, -0.05) is 43.2 Å². The van der Waals surface area contributed by atoms with Gasteiger partial charge in [0.25, 0.3) is 17.2 Å². The fourth-order valence-corrected chi connectivity index (χ4v) is 11.7. The molecule has 6 aromatic rings. The lowest BCUT2D eigenvalue weighted by Crippen LogP contribution is -2.47. The van der Waals surface area contributed by atoms with Gasteiger partial charge in [-0.3, -0.25) is 24.6 Å². The summed E-state index contributed by atoms with van der Waals surface area (Å²) in [5, 5.41) is 17.3. The van der Waals surface area contributed by atoms with E-state index in [0.29, 0.717) is 55.4 Å². The molecule has 0 spiro atoms. The molecule has 2 atom stereocenters. The van der Waals surface area contributed by atoms with Gasteiger partial charge in [-0.15, -0.1) is 0 Å². The fraction of sp³-hybridized carbons (Fsp3) is 0.383. The standard InChI is InChI=1S/C47H50ClN9O9S/c1-47(2)12-10-29(33(23-47)27-4-6-30(48)7-5-27)24-54-14-16-55(17-15-54)35-9-8-32(44(49)58)42(56-36-20-28-11-13-50-45(28)52-41(36)46(59)53(56)3)43(35)67(62,63)31-21-37(57(60)61)40-38(22-31)66-25-34(51-40)39-26-64-18-19-65-39/h4-9,11,13,20-22,34,39,51H,10,12,14-19,23-26H2,1-3H3,(H2,49,58)(H,50,52)/t34-,39-/m0/s1. The molecule has 4 N–H and O–H groups in total. The molecular weight excluding hydrogens is 902 g/mol. The highest BCUT2D eigenvalue weighted by molar-refractivity contribution is 7.91. The van der Waals surface area contributed by atoms with Crippen LogP contribution in [0.5, 0.6) is 5.75 Å². The Bertz CT molecular complexity index is 3180. The average molecular weight is 952 g/mol.